The van der Waals surface area contributed by atoms with Crippen LogP contribution in [0.1, 0.15) is 24.6 Å². The molecule has 0 saturated carbocycles. The van der Waals surface area contributed by atoms with Gasteiger partial charge in [-0.25, -0.2) is 19.4 Å². The second-order valence-corrected chi connectivity index (χ2v) is 6.24. The molecule has 4 rings (SSSR count). The Hall–Kier alpha value is -3.16. The lowest BCUT2D eigenvalue weighted by atomic mass is 9.97. The van der Waals surface area contributed by atoms with Gasteiger partial charge in [-0.1, -0.05) is 18.2 Å². The van der Waals surface area contributed by atoms with Crippen LogP contribution in [0.3, 0.4) is 0 Å². The normalized spacial score (nSPS) is 17.3. The van der Waals surface area contributed by atoms with Gasteiger partial charge in [0, 0.05) is 31.3 Å². The van der Waals surface area contributed by atoms with E-state index in [2.05, 4.69) is 25.1 Å². The van der Waals surface area contributed by atoms with E-state index in [4.69, 9.17) is 4.74 Å². The van der Waals surface area contributed by atoms with Crippen molar-refractivity contribution in [2.24, 2.45) is 0 Å². The summed E-state index contributed by atoms with van der Waals surface area (Å²) in [6, 6.07) is 11.3. The molecule has 134 valence electrons. The molecule has 1 fully saturated rings. The van der Waals surface area contributed by atoms with E-state index >= 15 is 0 Å². The van der Waals surface area contributed by atoms with Crippen LogP contribution in [0.4, 0.5) is 5.95 Å². The zero-order chi connectivity index (χ0) is 17.9. The SMILES string of the molecule is COc1ccnc(N2CCC[C@@H](c3n[nH]c(=O)n3-c3ccccc3)C2)n1. The lowest BCUT2D eigenvalue weighted by Crippen LogP contribution is -2.36. The van der Waals surface area contributed by atoms with Gasteiger partial charge >= 0.3 is 5.69 Å². The third kappa shape index (κ3) is 3.05. The molecule has 2 aromatic heterocycles. The Kier molecular flexibility index (Phi) is 4.39. The summed E-state index contributed by atoms with van der Waals surface area (Å²) in [5.74, 6) is 2.03. The largest absolute Gasteiger partial charge is 0.481 e. The molecule has 3 heterocycles. The number of aromatic amines is 1. The predicted molar refractivity (Wildman–Crippen MR) is 97.0 cm³/mol. The number of benzene rings is 1. The Balaban J connectivity index is 1.64. The number of aromatic nitrogens is 5. The molecule has 1 atom stereocenters. The highest BCUT2D eigenvalue weighted by Gasteiger charge is 2.28. The smallest absolute Gasteiger partial charge is 0.347 e. The van der Waals surface area contributed by atoms with Crippen molar-refractivity contribution in [1.82, 2.24) is 24.7 Å². The molecule has 26 heavy (non-hydrogen) atoms. The average Bonchev–Trinajstić information content (AvgIpc) is 3.10. The van der Waals surface area contributed by atoms with Crippen molar-refractivity contribution in [3.63, 3.8) is 0 Å². The van der Waals surface area contributed by atoms with Crippen LogP contribution < -0.4 is 15.3 Å². The summed E-state index contributed by atoms with van der Waals surface area (Å²) in [4.78, 5) is 23.2. The summed E-state index contributed by atoms with van der Waals surface area (Å²) in [6.45, 7) is 1.56. The Morgan fingerprint density at radius 2 is 2.08 bits per heavy atom. The Morgan fingerprint density at radius 3 is 2.88 bits per heavy atom. The van der Waals surface area contributed by atoms with Crippen LogP contribution in [-0.4, -0.2) is 44.9 Å². The van der Waals surface area contributed by atoms with E-state index < -0.39 is 0 Å². The first-order valence-electron chi connectivity index (χ1n) is 8.61. The second kappa shape index (κ2) is 6.99. The van der Waals surface area contributed by atoms with Gasteiger partial charge in [0.15, 0.2) is 0 Å². The predicted octanol–water partition coefficient (Wildman–Crippen LogP) is 1.74. The van der Waals surface area contributed by atoms with E-state index in [1.165, 1.54) is 0 Å². The number of rotatable bonds is 4. The Bertz CT molecular complexity index is 936. The summed E-state index contributed by atoms with van der Waals surface area (Å²) in [5, 5.41) is 6.90. The molecule has 8 heteroatoms. The van der Waals surface area contributed by atoms with E-state index in [1.807, 2.05) is 30.3 Å². The molecule has 1 aromatic carbocycles. The van der Waals surface area contributed by atoms with Crippen LogP contribution in [0, 0.1) is 0 Å². The van der Waals surface area contributed by atoms with Gasteiger partial charge in [0.2, 0.25) is 11.8 Å². The number of anilines is 1. The van der Waals surface area contributed by atoms with Crippen LogP contribution in [0.25, 0.3) is 5.69 Å². The number of hydrogen-bond acceptors (Lipinski definition) is 6. The molecular weight excluding hydrogens is 332 g/mol. The van der Waals surface area contributed by atoms with Gasteiger partial charge in [-0.05, 0) is 25.0 Å². The number of piperidine rings is 1. The first-order valence-corrected chi connectivity index (χ1v) is 8.61. The maximum absolute atomic E-state index is 12.3. The number of nitrogens with zero attached hydrogens (tertiary/aromatic N) is 5. The molecule has 0 radical (unpaired) electrons. The summed E-state index contributed by atoms with van der Waals surface area (Å²) in [5.41, 5.74) is 0.594. The molecule has 3 aromatic rings. The molecule has 1 N–H and O–H groups in total. The second-order valence-electron chi connectivity index (χ2n) is 6.24. The van der Waals surface area contributed by atoms with Gasteiger partial charge in [-0.15, -0.1) is 0 Å². The molecule has 1 saturated heterocycles. The fourth-order valence-corrected chi connectivity index (χ4v) is 3.38. The minimum absolute atomic E-state index is 0.109. The highest BCUT2D eigenvalue weighted by Crippen LogP contribution is 2.28. The molecule has 0 unspecified atom stereocenters. The van der Waals surface area contributed by atoms with Crippen molar-refractivity contribution in [2.75, 3.05) is 25.1 Å². The van der Waals surface area contributed by atoms with Gasteiger partial charge in [0.25, 0.3) is 0 Å². The first kappa shape index (κ1) is 16.3. The van der Waals surface area contributed by atoms with E-state index in [-0.39, 0.29) is 11.6 Å². The van der Waals surface area contributed by atoms with Crippen LogP contribution in [0.15, 0.2) is 47.4 Å². The Morgan fingerprint density at radius 1 is 1.23 bits per heavy atom. The molecule has 0 amide bonds. The molecule has 0 aliphatic carbocycles. The minimum Gasteiger partial charge on any atom is -0.481 e. The van der Waals surface area contributed by atoms with Crippen molar-refractivity contribution in [3.8, 4) is 11.6 Å². The Labute approximate surface area is 150 Å². The topological polar surface area (TPSA) is 88.9 Å². The van der Waals surface area contributed by atoms with Gasteiger partial charge in [0.05, 0.1) is 12.8 Å². The van der Waals surface area contributed by atoms with Crippen molar-refractivity contribution in [2.45, 2.75) is 18.8 Å². The zero-order valence-corrected chi connectivity index (χ0v) is 14.5. The number of nitrogens with one attached hydrogen (secondary N) is 1. The minimum atomic E-state index is -0.221. The zero-order valence-electron chi connectivity index (χ0n) is 14.5. The van der Waals surface area contributed by atoms with Crippen LogP contribution >= 0.6 is 0 Å². The quantitative estimate of drug-likeness (QED) is 0.769. The maximum Gasteiger partial charge on any atom is 0.347 e. The van der Waals surface area contributed by atoms with E-state index in [0.717, 1.165) is 30.9 Å². The molecule has 0 spiro atoms. The van der Waals surface area contributed by atoms with E-state index in [1.54, 1.807) is 23.9 Å². The van der Waals surface area contributed by atoms with Gasteiger partial charge < -0.3 is 9.64 Å². The first-order chi connectivity index (χ1) is 12.8. The van der Waals surface area contributed by atoms with Gasteiger partial charge in [0.1, 0.15) is 5.82 Å². The molecule has 1 aliphatic heterocycles. The van der Waals surface area contributed by atoms with Crippen molar-refractivity contribution >= 4 is 5.95 Å². The number of H-pyrrole nitrogens is 1. The van der Waals surface area contributed by atoms with Gasteiger partial charge in [-0.2, -0.15) is 10.1 Å². The maximum atomic E-state index is 12.3. The number of methoxy groups -OCH3 is 1. The van der Waals surface area contributed by atoms with Crippen LogP contribution in [0.5, 0.6) is 5.88 Å². The summed E-state index contributed by atoms with van der Waals surface area (Å²) >= 11 is 0. The number of hydrogen-bond donors (Lipinski definition) is 1. The number of ether oxygens (including phenoxy) is 1. The fraction of sp³-hybridized carbons (Fsp3) is 0.333. The van der Waals surface area contributed by atoms with Crippen LogP contribution in [0.2, 0.25) is 0 Å². The molecule has 1 aliphatic rings. The summed E-state index contributed by atoms with van der Waals surface area (Å²) in [7, 11) is 1.59. The molecular formula is C18H20N6O2. The fourth-order valence-electron chi connectivity index (χ4n) is 3.38. The van der Waals surface area contributed by atoms with Crippen molar-refractivity contribution in [1.29, 1.82) is 0 Å². The van der Waals surface area contributed by atoms with Crippen molar-refractivity contribution < 1.29 is 4.74 Å². The van der Waals surface area contributed by atoms with Crippen LogP contribution in [-0.2, 0) is 0 Å². The third-order valence-electron chi connectivity index (χ3n) is 4.61. The van der Waals surface area contributed by atoms with E-state index in [9.17, 15) is 4.79 Å². The lowest BCUT2D eigenvalue weighted by Gasteiger charge is -2.32. The third-order valence-corrected chi connectivity index (χ3v) is 4.61. The molecule has 8 nitrogen and oxygen atoms in total. The highest BCUT2D eigenvalue weighted by atomic mass is 16.5. The van der Waals surface area contributed by atoms with Crippen molar-refractivity contribution in [3.05, 3.63) is 58.9 Å². The highest BCUT2D eigenvalue weighted by molar-refractivity contribution is 5.36. The standard InChI is InChI=1S/C18H20N6O2/c1-26-15-9-10-19-17(20-15)23-11-5-6-13(12-23)16-21-22-18(25)24(16)14-7-3-2-4-8-14/h2-4,7-10,13H,5-6,11-12H2,1H3,(H,22,25)/t13-/m1/s1. The number of para-hydroxylation sites is 1. The van der Waals surface area contributed by atoms with E-state index in [0.29, 0.717) is 18.4 Å². The average molecular weight is 352 g/mol. The van der Waals surface area contributed by atoms with Gasteiger partial charge in [-0.3, -0.25) is 0 Å². The summed E-state index contributed by atoms with van der Waals surface area (Å²) in [6.07, 6.45) is 3.62. The lowest BCUT2D eigenvalue weighted by molar-refractivity contribution is 0.395. The molecule has 0 bridgehead atoms. The monoisotopic (exact) mass is 352 g/mol. The summed E-state index contributed by atoms with van der Waals surface area (Å²) < 4.78 is 6.85.